The molecule has 0 fully saturated rings. The van der Waals surface area contributed by atoms with Crippen molar-refractivity contribution in [2.45, 2.75) is 18.5 Å². The molecule has 3 heterocycles. The van der Waals surface area contributed by atoms with Crippen LogP contribution in [0.5, 0.6) is 0 Å². The van der Waals surface area contributed by atoms with E-state index in [2.05, 4.69) is 15.0 Å². The third-order valence-electron chi connectivity index (χ3n) is 3.85. The Hall–Kier alpha value is -4.06. The van der Waals surface area contributed by atoms with E-state index in [0.29, 0.717) is 36.4 Å². The summed E-state index contributed by atoms with van der Waals surface area (Å²) < 4.78 is 117. The minimum absolute atomic E-state index is 0. The third-order valence-corrected chi connectivity index (χ3v) is 3.85. The van der Waals surface area contributed by atoms with Gasteiger partial charge in [0.1, 0.15) is 0 Å². The van der Waals surface area contributed by atoms with E-state index < -0.39 is 58.0 Å². The second-order valence-electron chi connectivity index (χ2n) is 5.98. The van der Waals surface area contributed by atoms with Gasteiger partial charge in [0.05, 0.1) is 39.5 Å². The predicted octanol–water partition coefficient (Wildman–Crippen LogP) is 6.55. The van der Waals surface area contributed by atoms with Crippen molar-refractivity contribution in [2.75, 3.05) is 0 Å². The summed E-state index contributed by atoms with van der Waals surface area (Å²) in [5, 5.41) is 18.8. The minimum Gasteiger partial charge on any atom is -0.512 e. The molecule has 16 heteroatoms. The van der Waals surface area contributed by atoms with Gasteiger partial charge in [-0.2, -0.15) is 39.5 Å². The number of aromatic nitrogens is 3. The maximum absolute atomic E-state index is 13.3. The van der Waals surface area contributed by atoms with Crippen molar-refractivity contribution in [1.29, 1.82) is 15.8 Å². The molecule has 6 nitrogen and oxygen atoms in total. The molecule has 0 aromatic carbocycles. The Bertz CT molecular complexity index is 1130. The van der Waals surface area contributed by atoms with Gasteiger partial charge in [0.15, 0.2) is 0 Å². The first kappa shape index (κ1) is 35.1. The molecule has 0 saturated carbocycles. The smallest absolute Gasteiger partial charge is 0.512 e. The molecule has 194 valence electrons. The molecular weight excluding hydrogens is 699 g/mol. The topological polar surface area (TPSA) is 110 Å². The van der Waals surface area contributed by atoms with Crippen molar-refractivity contribution in [2.24, 2.45) is 0 Å². The average molecular weight is 708 g/mol. The summed E-state index contributed by atoms with van der Waals surface area (Å²) in [6.07, 6.45) is -13.0. The molecule has 3 rings (SSSR count). The number of hydrogen-bond donors (Lipinski definition) is 0. The van der Waals surface area contributed by atoms with E-state index in [-0.39, 0.29) is 20.1 Å². The molecule has 0 aliphatic heterocycles. The number of pyridine rings is 3. The Morgan fingerprint density at radius 3 is 1.03 bits per heavy atom. The predicted molar refractivity (Wildman–Crippen MR) is 101 cm³/mol. The van der Waals surface area contributed by atoms with E-state index in [1.807, 2.05) is 0 Å². The molecule has 0 aliphatic carbocycles. The van der Waals surface area contributed by atoms with Crippen molar-refractivity contribution in [3.63, 3.8) is 0 Å². The summed E-state index contributed by atoms with van der Waals surface area (Å²) in [7, 11) is 0. The molecule has 3 aromatic heterocycles. The van der Waals surface area contributed by atoms with Crippen molar-refractivity contribution in [1.82, 2.24) is 15.0 Å². The Morgan fingerprint density at radius 1 is 0.486 bits per heavy atom. The van der Waals surface area contributed by atoms with Crippen LogP contribution in [0.25, 0.3) is 22.8 Å². The molecule has 0 atom stereocenters. The van der Waals surface area contributed by atoms with Crippen LogP contribution in [-0.4, -0.2) is 15.0 Å². The van der Waals surface area contributed by atoms with Crippen LogP contribution in [0.1, 0.15) is 16.7 Å². The first-order chi connectivity index (χ1) is 16.7. The average Bonchev–Trinajstić information content (AvgIpc) is 2.86. The molecule has 0 spiro atoms. The maximum Gasteiger partial charge on any atom is 3.00 e. The number of rotatable bonds is 2. The Kier molecular flexibility index (Phi) is 13.7. The zero-order valence-corrected chi connectivity index (χ0v) is 19.9. The largest absolute Gasteiger partial charge is 3.00 e. The molecule has 0 bridgehead atoms. The van der Waals surface area contributed by atoms with Crippen LogP contribution in [0.4, 0.5) is 39.5 Å². The van der Waals surface area contributed by atoms with Crippen molar-refractivity contribution >= 4 is 0 Å². The minimum atomic E-state index is -4.95. The fourth-order valence-corrected chi connectivity index (χ4v) is 2.45. The fourth-order valence-electron chi connectivity index (χ4n) is 2.45. The van der Waals surface area contributed by atoms with Crippen LogP contribution < -0.4 is 0 Å². The van der Waals surface area contributed by atoms with Gasteiger partial charge < -0.3 is 35.5 Å². The summed E-state index contributed by atoms with van der Waals surface area (Å²) in [6.45, 7) is 14.2. The van der Waals surface area contributed by atoms with Gasteiger partial charge in [-0.1, -0.05) is 0 Å². The molecule has 0 N–H and O–H groups in total. The van der Waals surface area contributed by atoms with E-state index in [4.69, 9.17) is 35.5 Å². The molecule has 3 aromatic rings. The second-order valence-corrected chi connectivity index (χ2v) is 5.98. The van der Waals surface area contributed by atoms with Crippen LogP contribution >= 0.6 is 0 Å². The van der Waals surface area contributed by atoms with E-state index in [9.17, 15) is 39.5 Å². The Balaban J connectivity index is 0. The van der Waals surface area contributed by atoms with Crippen LogP contribution in [-0.2, 0) is 38.6 Å². The van der Waals surface area contributed by atoms with E-state index >= 15 is 0 Å². The Morgan fingerprint density at radius 2 is 0.757 bits per heavy atom. The van der Waals surface area contributed by atoms with Gasteiger partial charge in [-0.25, -0.2) is 4.98 Å². The standard InChI is InChI=1S/C18H8F9N3.3CN.Ir/c19-16(20,21)9-1-3-28-12(5-9)14-7-11(18(25,26)27)8-15(30-14)13-6-10(2-4-29-13)17(22,23)24;3*1-2;/h1-8H;;;;/q;3*-1;+3. The summed E-state index contributed by atoms with van der Waals surface area (Å²) in [6, 6.07) is 3.13. The van der Waals surface area contributed by atoms with Gasteiger partial charge >= 0.3 is 38.6 Å². The molecular formula is C21H8F9IrN6. The van der Waals surface area contributed by atoms with Crippen LogP contribution in [0.15, 0.2) is 48.8 Å². The SMILES string of the molecule is FC(F)(F)c1ccnc(-c2cc(C(F)(F)F)cc(-c3cc(C(F)(F)F)ccn3)n2)c1.[C-]#N.[C-]#N.[C-]#N.[Ir+3]. The zero-order valence-electron chi connectivity index (χ0n) is 17.5. The molecule has 0 saturated heterocycles. The number of halogens is 9. The third kappa shape index (κ3) is 9.84. The number of hydrogen-bond acceptors (Lipinski definition) is 6. The van der Waals surface area contributed by atoms with E-state index in [1.165, 1.54) is 0 Å². The summed E-state index contributed by atoms with van der Waals surface area (Å²) in [5.74, 6) is 0. The molecule has 37 heavy (non-hydrogen) atoms. The van der Waals surface area contributed by atoms with Gasteiger partial charge in [-0.05, 0) is 36.4 Å². The van der Waals surface area contributed by atoms with Crippen molar-refractivity contribution < 1.29 is 59.6 Å². The maximum atomic E-state index is 13.3. The van der Waals surface area contributed by atoms with Gasteiger partial charge in [0.25, 0.3) is 0 Å². The van der Waals surface area contributed by atoms with Gasteiger partial charge in [-0.3, -0.25) is 9.97 Å². The zero-order chi connectivity index (χ0) is 28.3. The second kappa shape index (κ2) is 14.5. The number of alkyl halides is 9. The van der Waals surface area contributed by atoms with E-state index in [0.717, 1.165) is 12.4 Å². The molecule has 0 radical (unpaired) electrons. The summed E-state index contributed by atoms with van der Waals surface area (Å²) >= 11 is 0. The summed E-state index contributed by atoms with van der Waals surface area (Å²) in [4.78, 5) is 11.0. The first-order valence-corrected chi connectivity index (χ1v) is 8.59. The quantitative estimate of drug-likeness (QED) is 0.221. The van der Waals surface area contributed by atoms with Gasteiger partial charge in [-0.15, -0.1) is 0 Å². The van der Waals surface area contributed by atoms with E-state index in [1.54, 1.807) is 0 Å². The fraction of sp³-hybridized carbons (Fsp3) is 0.143. The Labute approximate surface area is 217 Å². The normalized spacial score (nSPS) is 10.6. The monoisotopic (exact) mass is 708 g/mol. The molecule has 0 aliphatic rings. The first-order valence-electron chi connectivity index (χ1n) is 8.59. The van der Waals surface area contributed by atoms with Crippen molar-refractivity contribution in [3.8, 4) is 22.8 Å². The van der Waals surface area contributed by atoms with Crippen LogP contribution in [0.3, 0.4) is 0 Å². The van der Waals surface area contributed by atoms with Crippen LogP contribution in [0, 0.1) is 35.5 Å². The van der Waals surface area contributed by atoms with Gasteiger partial charge in [0, 0.05) is 12.4 Å². The van der Waals surface area contributed by atoms with Crippen LogP contribution in [0.2, 0.25) is 0 Å². The number of nitrogens with zero attached hydrogens (tertiary/aromatic N) is 6. The van der Waals surface area contributed by atoms with Gasteiger partial charge in [0.2, 0.25) is 0 Å². The molecule has 0 amide bonds. The van der Waals surface area contributed by atoms with Crippen molar-refractivity contribution in [3.05, 3.63) is 85.2 Å². The summed E-state index contributed by atoms with van der Waals surface area (Å²) in [5.41, 5.74) is -5.97. The molecule has 0 unspecified atom stereocenters.